The van der Waals surface area contributed by atoms with E-state index in [1.807, 2.05) is 0 Å². The van der Waals surface area contributed by atoms with Crippen molar-refractivity contribution in [1.82, 2.24) is 10.6 Å². The lowest BCUT2D eigenvalue weighted by Gasteiger charge is -2.24. The minimum absolute atomic E-state index is 0.113. The lowest BCUT2D eigenvalue weighted by atomic mass is 9.96. The molecule has 0 saturated heterocycles. The van der Waals surface area contributed by atoms with Crippen LogP contribution in [0.4, 0.5) is 18.0 Å². The third-order valence-corrected chi connectivity index (χ3v) is 2.86. The molecule has 1 aliphatic carbocycles. The molecule has 0 aromatic carbocycles. The second-order valence-corrected chi connectivity index (χ2v) is 4.67. The quantitative estimate of drug-likeness (QED) is 0.796. The fourth-order valence-electron chi connectivity index (χ4n) is 2.10. The van der Waals surface area contributed by atoms with Crippen LogP contribution >= 0.6 is 0 Å². The zero-order chi connectivity index (χ0) is 12.9. The first-order chi connectivity index (χ1) is 7.87. The highest BCUT2D eigenvalue weighted by molar-refractivity contribution is 5.74. The molecule has 100 valence electrons. The van der Waals surface area contributed by atoms with Crippen molar-refractivity contribution in [1.29, 1.82) is 0 Å². The fraction of sp³-hybridized carbons (Fsp3) is 0.909. The lowest BCUT2D eigenvalue weighted by molar-refractivity contribution is -0.138. The van der Waals surface area contributed by atoms with E-state index in [-0.39, 0.29) is 6.04 Å². The number of hydrogen-bond donors (Lipinski definition) is 2. The topological polar surface area (TPSA) is 41.1 Å². The first-order valence-corrected chi connectivity index (χ1v) is 6.00. The Balaban J connectivity index is 2.23. The van der Waals surface area contributed by atoms with E-state index >= 15 is 0 Å². The van der Waals surface area contributed by atoms with Crippen LogP contribution in [-0.2, 0) is 0 Å². The van der Waals surface area contributed by atoms with Crippen molar-refractivity contribution in [3.8, 4) is 0 Å². The zero-order valence-electron chi connectivity index (χ0n) is 9.94. The van der Waals surface area contributed by atoms with Crippen molar-refractivity contribution in [3.63, 3.8) is 0 Å². The Morgan fingerprint density at radius 1 is 1.29 bits per heavy atom. The molecule has 1 aliphatic rings. The molecule has 1 atom stereocenters. The maximum atomic E-state index is 12.0. The summed E-state index contributed by atoms with van der Waals surface area (Å²) in [5, 5.41) is 5.03. The largest absolute Gasteiger partial charge is 0.391 e. The van der Waals surface area contributed by atoms with Gasteiger partial charge in [0.2, 0.25) is 0 Å². The van der Waals surface area contributed by atoms with Gasteiger partial charge >= 0.3 is 12.2 Å². The lowest BCUT2D eigenvalue weighted by Crippen LogP contribution is -2.46. The number of hydrogen-bond acceptors (Lipinski definition) is 1. The van der Waals surface area contributed by atoms with Gasteiger partial charge in [-0.25, -0.2) is 4.79 Å². The minimum Gasteiger partial charge on any atom is -0.335 e. The van der Waals surface area contributed by atoms with Crippen LogP contribution in [0.1, 0.15) is 45.4 Å². The summed E-state index contributed by atoms with van der Waals surface area (Å²) in [6.45, 7) is 1.36. The SMILES string of the molecule is CC(CC(F)(F)F)NC(=O)NC1CCCCC1. The van der Waals surface area contributed by atoms with E-state index in [1.54, 1.807) is 0 Å². The van der Waals surface area contributed by atoms with E-state index in [9.17, 15) is 18.0 Å². The molecule has 1 fully saturated rings. The molecule has 0 aromatic rings. The predicted octanol–water partition coefficient (Wildman–Crippen LogP) is 2.96. The Labute approximate surface area is 99.1 Å². The summed E-state index contributed by atoms with van der Waals surface area (Å²) in [5.74, 6) is 0. The van der Waals surface area contributed by atoms with Crippen LogP contribution in [0.2, 0.25) is 0 Å². The maximum Gasteiger partial charge on any atom is 0.391 e. The van der Waals surface area contributed by atoms with Crippen LogP contribution in [0.5, 0.6) is 0 Å². The average molecular weight is 252 g/mol. The summed E-state index contributed by atoms with van der Waals surface area (Å²) >= 11 is 0. The molecule has 1 unspecified atom stereocenters. The molecule has 6 heteroatoms. The van der Waals surface area contributed by atoms with Gasteiger partial charge in [-0.1, -0.05) is 19.3 Å². The molecular weight excluding hydrogens is 233 g/mol. The Kier molecular flexibility index (Phi) is 5.08. The van der Waals surface area contributed by atoms with E-state index in [0.29, 0.717) is 0 Å². The summed E-state index contributed by atoms with van der Waals surface area (Å²) in [4.78, 5) is 11.4. The normalized spacial score (nSPS) is 19.8. The van der Waals surface area contributed by atoms with Gasteiger partial charge in [-0.15, -0.1) is 0 Å². The highest BCUT2D eigenvalue weighted by Gasteiger charge is 2.30. The standard InChI is InChI=1S/C11H19F3N2O/c1-8(7-11(12,13)14)15-10(17)16-9-5-3-2-4-6-9/h8-9H,2-7H2,1H3,(H2,15,16,17). The van der Waals surface area contributed by atoms with Crippen molar-refractivity contribution in [2.45, 2.75) is 63.7 Å². The van der Waals surface area contributed by atoms with E-state index < -0.39 is 24.7 Å². The van der Waals surface area contributed by atoms with Gasteiger partial charge in [0.05, 0.1) is 6.42 Å². The molecule has 1 rings (SSSR count). The van der Waals surface area contributed by atoms with Gasteiger partial charge in [-0.2, -0.15) is 13.2 Å². The zero-order valence-corrected chi connectivity index (χ0v) is 9.94. The van der Waals surface area contributed by atoms with E-state index in [2.05, 4.69) is 10.6 Å². The summed E-state index contributed by atoms with van der Waals surface area (Å²) in [6.07, 6.45) is -0.0822. The fourth-order valence-corrected chi connectivity index (χ4v) is 2.10. The highest BCUT2D eigenvalue weighted by atomic mass is 19.4. The Morgan fingerprint density at radius 2 is 1.88 bits per heavy atom. The number of amides is 2. The van der Waals surface area contributed by atoms with Gasteiger partial charge in [0, 0.05) is 12.1 Å². The third kappa shape index (κ3) is 6.38. The molecule has 0 bridgehead atoms. The average Bonchev–Trinajstić information content (AvgIpc) is 2.15. The van der Waals surface area contributed by atoms with Crippen molar-refractivity contribution in [2.24, 2.45) is 0 Å². The van der Waals surface area contributed by atoms with Crippen LogP contribution in [0.25, 0.3) is 0 Å². The van der Waals surface area contributed by atoms with Gasteiger partial charge in [0.1, 0.15) is 0 Å². The van der Waals surface area contributed by atoms with Crippen molar-refractivity contribution in [2.75, 3.05) is 0 Å². The third-order valence-electron chi connectivity index (χ3n) is 2.86. The summed E-state index contributed by atoms with van der Waals surface area (Å²) in [7, 11) is 0. The molecule has 3 nitrogen and oxygen atoms in total. The Hall–Kier alpha value is -0.940. The Morgan fingerprint density at radius 3 is 2.41 bits per heavy atom. The molecule has 2 N–H and O–H groups in total. The van der Waals surface area contributed by atoms with Gasteiger partial charge in [-0.3, -0.25) is 0 Å². The van der Waals surface area contributed by atoms with Crippen LogP contribution in [0.3, 0.4) is 0 Å². The van der Waals surface area contributed by atoms with Crippen LogP contribution in [0, 0.1) is 0 Å². The molecule has 2 amide bonds. The van der Waals surface area contributed by atoms with Crippen LogP contribution in [0.15, 0.2) is 0 Å². The van der Waals surface area contributed by atoms with Gasteiger partial charge in [-0.05, 0) is 19.8 Å². The van der Waals surface area contributed by atoms with Crippen molar-refractivity contribution < 1.29 is 18.0 Å². The highest BCUT2D eigenvalue weighted by Crippen LogP contribution is 2.21. The maximum absolute atomic E-state index is 12.0. The molecule has 0 aromatic heterocycles. The van der Waals surface area contributed by atoms with Crippen molar-refractivity contribution >= 4 is 6.03 Å². The first-order valence-electron chi connectivity index (χ1n) is 6.00. The molecular formula is C11H19F3N2O. The molecule has 0 radical (unpaired) electrons. The van der Waals surface area contributed by atoms with Gasteiger partial charge < -0.3 is 10.6 Å². The molecule has 0 aliphatic heterocycles. The number of urea groups is 1. The van der Waals surface area contributed by atoms with Crippen molar-refractivity contribution in [3.05, 3.63) is 0 Å². The number of carbonyl (C=O) groups excluding carboxylic acids is 1. The number of nitrogens with one attached hydrogen (secondary N) is 2. The van der Waals surface area contributed by atoms with Crippen LogP contribution in [-0.4, -0.2) is 24.3 Å². The Bertz CT molecular complexity index is 250. The summed E-state index contributed by atoms with van der Waals surface area (Å²) < 4.78 is 36.1. The number of alkyl halides is 3. The summed E-state index contributed by atoms with van der Waals surface area (Å²) in [6, 6.07) is -1.27. The minimum atomic E-state index is -4.24. The number of carbonyl (C=O) groups is 1. The van der Waals surface area contributed by atoms with E-state index in [1.165, 1.54) is 13.3 Å². The summed E-state index contributed by atoms with van der Waals surface area (Å²) in [5.41, 5.74) is 0. The molecule has 1 saturated carbocycles. The monoisotopic (exact) mass is 252 g/mol. The van der Waals surface area contributed by atoms with E-state index in [0.717, 1.165) is 25.7 Å². The van der Waals surface area contributed by atoms with Gasteiger partial charge in [0.15, 0.2) is 0 Å². The first kappa shape index (κ1) is 14.1. The molecule has 0 spiro atoms. The second-order valence-electron chi connectivity index (χ2n) is 4.67. The number of halogens is 3. The smallest absolute Gasteiger partial charge is 0.335 e. The molecule has 0 heterocycles. The van der Waals surface area contributed by atoms with Crippen LogP contribution < -0.4 is 10.6 Å². The number of rotatable bonds is 3. The molecule has 17 heavy (non-hydrogen) atoms. The van der Waals surface area contributed by atoms with Gasteiger partial charge in [0.25, 0.3) is 0 Å². The van der Waals surface area contributed by atoms with E-state index in [4.69, 9.17) is 0 Å². The predicted molar refractivity (Wildman–Crippen MR) is 58.7 cm³/mol. The second kappa shape index (κ2) is 6.12.